The van der Waals surface area contributed by atoms with Gasteiger partial charge in [0.2, 0.25) is 5.88 Å². The van der Waals surface area contributed by atoms with Crippen molar-refractivity contribution >= 4 is 27.0 Å². The predicted molar refractivity (Wildman–Crippen MR) is 78.3 cm³/mol. The fraction of sp³-hybridized carbons (Fsp3) is 0. The van der Waals surface area contributed by atoms with E-state index in [0.717, 1.165) is 18.3 Å². The lowest BCUT2D eigenvalue weighted by atomic mass is 10.2. The summed E-state index contributed by atoms with van der Waals surface area (Å²) in [5, 5.41) is 8.75. The normalized spacial score (nSPS) is 10.6. The van der Waals surface area contributed by atoms with Crippen LogP contribution in [-0.2, 0) is 0 Å². The highest BCUT2D eigenvalue weighted by Crippen LogP contribution is 2.31. The molecule has 0 aliphatic carbocycles. The van der Waals surface area contributed by atoms with Crippen molar-refractivity contribution in [1.82, 2.24) is 9.97 Å². The molecule has 0 saturated carbocycles. The minimum absolute atomic E-state index is 0.0340. The Morgan fingerprint density at radius 1 is 1.13 bits per heavy atom. The summed E-state index contributed by atoms with van der Waals surface area (Å²) in [6.45, 7) is 0. The van der Waals surface area contributed by atoms with E-state index >= 15 is 0 Å². The Bertz CT molecular complexity index is 972. The zero-order valence-corrected chi connectivity index (χ0v) is 12.7. The second-order valence-corrected chi connectivity index (χ2v) is 5.27. The highest BCUT2D eigenvalue weighted by Gasteiger charge is 2.13. The van der Waals surface area contributed by atoms with Crippen LogP contribution in [0.25, 0.3) is 11.0 Å². The van der Waals surface area contributed by atoms with Gasteiger partial charge in [0.25, 0.3) is 0 Å². The van der Waals surface area contributed by atoms with Gasteiger partial charge in [-0.3, -0.25) is 0 Å². The van der Waals surface area contributed by atoms with Crippen molar-refractivity contribution in [2.24, 2.45) is 0 Å². The van der Waals surface area contributed by atoms with Crippen LogP contribution in [0.5, 0.6) is 11.6 Å². The van der Waals surface area contributed by atoms with Gasteiger partial charge < -0.3 is 4.74 Å². The summed E-state index contributed by atoms with van der Waals surface area (Å²) < 4.78 is 46.0. The minimum atomic E-state index is -1.10. The maximum Gasteiger partial charge on any atom is 0.238 e. The molecule has 3 aromatic rings. The first-order valence-electron chi connectivity index (χ1n) is 6.17. The zero-order chi connectivity index (χ0) is 16.6. The van der Waals surface area contributed by atoms with E-state index in [4.69, 9.17) is 10.00 Å². The summed E-state index contributed by atoms with van der Waals surface area (Å²) in [6, 6.07) is 6.14. The Balaban J connectivity index is 2.01. The zero-order valence-electron chi connectivity index (χ0n) is 11.1. The molecule has 0 aliphatic heterocycles. The lowest BCUT2D eigenvalue weighted by molar-refractivity contribution is 0.454. The number of nitrogens with zero attached hydrogens (tertiary/aromatic N) is 3. The van der Waals surface area contributed by atoms with E-state index in [-0.39, 0.29) is 28.2 Å². The first-order chi connectivity index (χ1) is 11.0. The van der Waals surface area contributed by atoms with Crippen LogP contribution in [0.1, 0.15) is 5.56 Å². The van der Waals surface area contributed by atoms with Gasteiger partial charge in [-0.1, -0.05) is 0 Å². The largest absolute Gasteiger partial charge is 0.436 e. The number of halogens is 4. The van der Waals surface area contributed by atoms with Gasteiger partial charge in [-0.25, -0.2) is 23.1 Å². The number of ether oxygens (including phenoxy) is 1. The summed E-state index contributed by atoms with van der Waals surface area (Å²) in [6.07, 6.45) is 1.09. The third-order valence-corrected chi connectivity index (χ3v) is 3.56. The lowest BCUT2D eigenvalue weighted by Crippen LogP contribution is -1.96. The molecule has 3 rings (SSSR count). The van der Waals surface area contributed by atoms with Gasteiger partial charge in [0, 0.05) is 6.07 Å². The molecule has 0 spiro atoms. The second-order valence-electron chi connectivity index (χ2n) is 4.41. The van der Waals surface area contributed by atoms with Gasteiger partial charge in [-0.05, 0) is 34.1 Å². The van der Waals surface area contributed by atoms with Crippen LogP contribution in [0.2, 0.25) is 0 Å². The fourth-order valence-corrected chi connectivity index (χ4v) is 2.29. The molecule has 0 unspecified atom stereocenters. The van der Waals surface area contributed by atoms with E-state index < -0.39 is 17.5 Å². The molecular weight excluding hydrogens is 375 g/mol. The van der Waals surface area contributed by atoms with E-state index in [0.29, 0.717) is 4.47 Å². The molecule has 0 fully saturated rings. The van der Waals surface area contributed by atoms with Gasteiger partial charge in [0.05, 0.1) is 21.7 Å². The smallest absolute Gasteiger partial charge is 0.238 e. The third-order valence-electron chi connectivity index (χ3n) is 2.94. The molecule has 0 saturated heterocycles. The van der Waals surface area contributed by atoms with Crippen molar-refractivity contribution in [3.8, 4) is 17.7 Å². The Morgan fingerprint density at radius 2 is 1.91 bits per heavy atom. The maximum absolute atomic E-state index is 13.6. The molecule has 1 heterocycles. The SMILES string of the molecule is N#Cc1cc(Br)c(Oc2cnc3c(F)c(F)ccc3n2)cc1F. The molecule has 2 aromatic carbocycles. The number of rotatable bonds is 2. The second kappa shape index (κ2) is 5.85. The van der Waals surface area contributed by atoms with Crippen LogP contribution in [0.3, 0.4) is 0 Å². The number of fused-ring (bicyclic) bond motifs is 1. The minimum Gasteiger partial charge on any atom is -0.436 e. The molecule has 0 radical (unpaired) electrons. The molecule has 23 heavy (non-hydrogen) atoms. The number of hydrogen-bond acceptors (Lipinski definition) is 4. The van der Waals surface area contributed by atoms with Crippen LogP contribution < -0.4 is 4.74 Å². The van der Waals surface area contributed by atoms with E-state index in [1.165, 1.54) is 12.1 Å². The van der Waals surface area contributed by atoms with E-state index in [1.54, 1.807) is 6.07 Å². The molecule has 8 heteroatoms. The van der Waals surface area contributed by atoms with Crippen LogP contribution in [-0.4, -0.2) is 9.97 Å². The van der Waals surface area contributed by atoms with Gasteiger partial charge in [0.1, 0.15) is 23.2 Å². The first-order valence-corrected chi connectivity index (χ1v) is 6.96. The monoisotopic (exact) mass is 379 g/mol. The molecule has 0 amide bonds. The van der Waals surface area contributed by atoms with Crippen LogP contribution in [0.15, 0.2) is 34.9 Å². The van der Waals surface area contributed by atoms with E-state index in [1.807, 2.05) is 0 Å². The summed E-state index contributed by atoms with van der Waals surface area (Å²) >= 11 is 3.15. The van der Waals surface area contributed by atoms with Gasteiger partial charge in [-0.15, -0.1) is 0 Å². The summed E-state index contributed by atoms with van der Waals surface area (Å²) in [4.78, 5) is 7.75. The number of benzene rings is 2. The van der Waals surface area contributed by atoms with Crippen LogP contribution in [0, 0.1) is 28.8 Å². The number of hydrogen-bond donors (Lipinski definition) is 0. The van der Waals surface area contributed by atoms with Gasteiger partial charge >= 0.3 is 0 Å². The van der Waals surface area contributed by atoms with Crippen molar-refractivity contribution in [3.63, 3.8) is 0 Å². The first kappa shape index (κ1) is 15.2. The van der Waals surface area contributed by atoms with E-state index in [2.05, 4.69) is 25.9 Å². The van der Waals surface area contributed by atoms with Gasteiger partial charge in [0.15, 0.2) is 11.6 Å². The summed E-state index contributed by atoms with van der Waals surface area (Å²) in [5.41, 5.74) is -0.291. The maximum atomic E-state index is 13.6. The molecular formula is C15H5BrF3N3O. The molecule has 0 bridgehead atoms. The molecule has 0 aliphatic rings. The summed E-state index contributed by atoms with van der Waals surface area (Å²) in [7, 11) is 0. The quantitative estimate of drug-likeness (QED) is 0.658. The fourth-order valence-electron chi connectivity index (χ4n) is 1.86. The van der Waals surface area contributed by atoms with Crippen LogP contribution >= 0.6 is 15.9 Å². The highest BCUT2D eigenvalue weighted by atomic mass is 79.9. The van der Waals surface area contributed by atoms with Crippen molar-refractivity contribution in [2.75, 3.05) is 0 Å². The highest BCUT2D eigenvalue weighted by molar-refractivity contribution is 9.10. The predicted octanol–water partition coefficient (Wildman–Crippen LogP) is 4.47. The molecule has 4 nitrogen and oxygen atoms in total. The van der Waals surface area contributed by atoms with Crippen molar-refractivity contribution < 1.29 is 17.9 Å². The molecule has 114 valence electrons. The average Bonchev–Trinajstić information content (AvgIpc) is 2.54. The van der Waals surface area contributed by atoms with E-state index in [9.17, 15) is 13.2 Å². The van der Waals surface area contributed by atoms with Crippen molar-refractivity contribution in [2.45, 2.75) is 0 Å². The number of aromatic nitrogens is 2. The number of nitriles is 1. The van der Waals surface area contributed by atoms with Gasteiger partial charge in [-0.2, -0.15) is 5.26 Å². The topological polar surface area (TPSA) is 58.8 Å². The van der Waals surface area contributed by atoms with Crippen molar-refractivity contribution in [1.29, 1.82) is 5.26 Å². The molecule has 0 N–H and O–H groups in total. The summed E-state index contributed by atoms with van der Waals surface area (Å²) in [5.74, 6) is -2.86. The molecule has 1 aromatic heterocycles. The standard InChI is InChI=1S/C15H5BrF3N3O/c16-8-3-7(5-20)10(18)4-12(8)23-13-6-21-15-11(22-13)2-1-9(17)14(15)19/h1-4,6H. The molecule has 0 atom stereocenters. The van der Waals surface area contributed by atoms with Crippen LogP contribution in [0.4, 0.5) is 13.2 Å². The average molecular weight is 380 g/mol. The Kier molecular flexibility index (Phi) is 3.88. The Labute approximate surface area is 136 Å². The lowest BCUT2D eigenvalue weighted by Gasteiger charge is -2.08. The Hall–Kier alpha value is -2.66. The third kappa shape index (κ3) is 2.83. The Morgan fingerprint density at radius 3 is 2.65 bits per heavy atom. The van der Waals surface area contributed by atoms with Crippen molar-refractivity contribution in [3.05, 3.63) is 58.0 Å².